The first-order chi connectivity index (χ1) is 4.35. The third-order valence-corrected chi connectivity index (χ3v) is 4.64. The molecular weight excluding hydrogens is 227 g/mol. The van der Waals surface area contributed by atoms with Crippen molar-refractivity contribution < 1.29 is 9.22 Å². The summed E-state index contributed by atoms with van der Waals surface area (Å²) < 4.78 is 15.4. The minimum atomic E-state index is -2.22. The Hall–Kier alpha value is 0.679. The van der Waals surface area contributed by atoms with Crippen LogP contribution in [0.3, 0.4) is 0 Å². The van der Waals surface area contributed by atoms with E-state index >= 15 is 0 Å². The van der Waals surface area contributed by atoms with Gasteiger partial charge >= 0.3 is 64.4 Å². The number of hydrogen-bond donors (Lipinski definition) is 0. The van der Waals surface area contributed by atoms with Crippen LogP contribution in [-0.4, -0.2) is 41.3 Å². The van der Waals surface area contributed by atoms with Crippen LogP contribution in [0, 0.1) is 0 Å². The molecule has 1 radical (unpaired) electrons. The molecule has 0 amide bonds. The van der Waals surface area contributed by atoms with E-state index in [9.17, 15) is 0 Å². The third kappa shape index (κ3) is 5.14. The van der Waals surface area contributed by atoms with E-state index in [1.54, 1.807) is 7.11 Å². The third-order valence-electron chi connectivity index (χ3n) is 0.691. The molecule has 0 unspecified atom stereocenters. The summed E-state index contributed by atoms with van der Waals surface area (Å²) in [6.45, 7) is 5.28. The zero-order chi connectivity index (χ0) is 7.11. The Morgan fingerprint density at radius 3 is 1.78 bits per heavy atom. The van der Waals surface area contributed by atoms with Crippen molar-refractivity contribution in [1.82, 2.24) is 0 Å². The summed E-state index contributed by atoms with van der Waals surface area (Å²) in [6, 6.07) is 0. The SMILES string of the molecule is CC[O][Sn]([O]C)[O]CC. The van der Waals surface area contributed by atoms with Gasteiger partial charge < -0.3 is 0 Å². The second-order valence-electron chi connectivity index (χ2n) is 1.32. The predicted molar refractivity (Wildman–Crippen MR) is 36.0 cm³/mol. The fourth-order valence-corrected chi connectivity index (χ4v) is 2.65. The molecule has 0 aromatic rings. The predicted octanol–water partition coefficient (Wildman–Crippen LogP) is 0.691. The molecule has 0 rings (SSSR count). The van der Waals surface area contributed by atoms with Gasteiger partial charge in [-0.05, 0) is 0 Å². The summed E-state index contributed by atoms with van der Waals surface area (Å²) in [5.41, 5.74) is 0. The van der Waals surface area contributed by atoms with Gasteiger partial charge in [-0.1, -0.05) is 0 Å². The van der Waals surface area contributed by atoms with E-state index in [1.807, 2.05) is 13.8 Å². The molecule has 55 valence electrons. The number of rotatable bonds is 5. The fourth-order valence-electron chi connectivity index (χ4n) is 0.395. The van der Waals surface area contributed by atoms with Gasteiger partial charge in [0.25, 0.3) is 0 Å². The first kappa shape index (κ1) is 9.68. The van der Waals surface area contributed by atoms with E-state index in [4.69, 9.17) is 9.22 Å². The molecule has 0 atom stereocenters. The molecule has 0 aromatic carbocycles. The molecule has 0 heterocycles. The van der Waals surface area contributed by atoms with Crippen LogP contribution in [0.4, 0.5) is 0 Å². The van der Waals surface area contributed by atoms with Gasteiger partial charge in [0.2, 0.25) is 0 Å². The van der Waals surface area contributed by atoms with Crippen molar-refractivity contribution in [1.29, 1.82) is 0 Å². The van der Waals surface area contributed by atoms with Crippen molar-refractivity contribution in [2.75, 3.05) is 20.3 Å². The maximum atomic E-state index is 5.18. The molecule has 0 N–H and O–H groups in total. The monoisotopic (exact) mass is 241 g/mol. The second-order valence-corrected chi connectivity index (χ2v) is 5.56. The topological polar surface area (TPSA) is 27.7 Å². The molecule has 0 bridgehead atoms. The van der Waals surface area contributed by atoms with Crippen molar-refractivity contribution in [3.05, 3.63) is 0 Å². The molecule has 0 aliphatic heterocycles. The van der Waals surface area contributed by atoms with Crippen LogP contribution in [0.5, 0.6) is 0 Å². The zero-order valence-corrected chi connectivity index (χ0v) is 8.99. The average Bonchev–Trinajstić information content (AvgIpc) is 1.88. The van der Waals surface area contributed by atoms with Gasteiger partial charge in [-0.2, -0.15) is 0 Å². The van der Waals surface area contributed by atoms with Crippen molar-refractivity contribution in [3.8, 4) is 0 Å². The molecular formula is C5H13O3Sn. The molecule has 0 saturated heterocycles. The Morgan fingerprint density at radius 2 is 1.56 bits per heavy atom. The Balaban J connectivity index is 3.18. The van der Waals surface area contributed by atoms with Crippen molar-refractivity contribution in [3.63, 3.8) is 0 Å². The molecule has 0 spiro atoms. The summed E-state index contributed by atoms with van der Waals surface area (Å²) in [5.74, 6) is 0. The molecule has 4 heteroatoms. The van der Waals surface area contributed by atoms with E-state index in [-0.39, 0.29) is 0 Å². The van der Waals surface area contributed by atoms with Crippen LogP contribution in [-0.2, 0) is 9.22 Å². The molecule has 0 aliphatic carbocycles. The average molecular weight is 240 g/mol. The summed E-state index contributed by atoms with van der Waals surface area (Å²) in [7, 11) is 1.64. The van der Waals surface area contributed by atoms with E-state index in [0.29, 0.717) is 13.2 Å². The first-order valence-corrected chi connectivity index (χ1v) is 6.51. The summed E-state index contributed by atoms with van der Waals surface area (Å²) >= 11 is -2.22. The zero-order valence-electron chi connectivity index (χ0n) is 6.14. The maximum absolute atomic E-state index is 5.18. The summed E-state index contributed by atoms with van der Waals surface area (Å²) in [6.07, 6.45) is 0. The fraction of sp³-hybridized carbons (Fsp3) is 1.00. The van der Waals surface area contributed by atoms with Gasteiger partial charge in [0.15, 0.2) is 0 Å². The van der Waals surface area contributed by atoms with Crippen LogP contribution in [0.1, 0.15) is 13.8 Å². The quantitative estimate of drug-likeness (QED) is 0.661. The van der Waals surface area contributed by atoms with Gasteiger partial charge in [0, 0.05) is 0 Å². The molecule has 3 nitrogen and oxygen atoms in total. The van der Waals surface area contributed by atoms with Crippen LogP contribution in [0.2, 0.25) is 0 Å². The Labute approximate surface area is 64.7 Å². The Kier molecular flexibility index (Phi) is 7.31. The van der Waals surface area contributed by atoms with Crippen molar-refractivity contribution >= 4 is 21.0 Å². The van der Waals surface area contributed by atoms with E-state index in [1.165, 1.54) is 0 Å². The molecule has 0 aromatic heterocycles. The van der Waals surface area contributed by atoms with Crippen LogP contribution >= 0.6 is 0 Å². The van der Waals surface area contributed by atoms with Crippen LogP contribution < -0.4 is 0 Å². The number of hydrogen-bond acceptors (Lipinski definition) is 3. The van der Waals surface area contributed by atoms with Crippen LogP contribution in [0.15, 0.2) is 0 Å². The van der Waals surface area contributed by atoms with E-state index in [2.05, 4.69) is 0 Å². The van der Waals surface area contributed by atoms with Gasteiger partial charge in [-0.3, -0.25) is 0 Å². The summed E-state index contributed by atoms with van der Waals surface area (Å²) in [5, 5.41) is 0. The summed E-state index contributed by atoms with van der Waals surface area (Å²) in [4.78, 5) is 0. The van der Waals surface area contributed by atoms with Crippen molar-refractivity contribution in [2.45, 2.75) is 13.8 Å². The molecule has 9 heavy (non-hydrogen) atoms. The van der Waals surface area contributed by atoms with Gasteiger partial charge in [0.05, 0.1) is 0 Å². The normalized spacial score (nSPS) is 10.7. The molecule has 0 saturated carbocycles. The van der Waals surface area contributed by atoms with Crippen LogP contribution in [0.25, 0.3) is 0 Å². The van der Waals surface area contributed by atoms with Crippen molar-refractivity contribution in [2.24, 2.45) is 0 Å². The van der Waals surface area contributed by atoms with E-state index in [0.717, 1.165) is 0 Å². The van der Waals surface area contributed by atoms with Gasteiger partial charge in [0.1, 0.15) is 0 Å². The Bertz CT molecular complexity index is 54.2. The Morgan fingerprint density at radius 1 is 1.11 bits per heavy atom. The second kappa shape index (κ2) is 6.79. The van der Waals surface area contributed by atoms with E-state index < -0.39 is 21.0 Å². The molecule has 0 fully saturated rings. The molecule has 0 aliphatic rings. The van der Waals surface area contributed by atoms with Gasteiger partial charge in [-0.15, -0.1) is 0 Å². The van der Waals surface area contributed by atoms with Gasteiger partial charge in [-0.25, -0.2) is 0 Å². The standard InChI is InChI=1S/2C2H5O.CH3O.Sn/c2*1-2-3;1-2;/h2*2H2,1H3;1H3;/q3*-1;+3. The minimum absolute atomic E-state index is 0.697. The first-order valence-electron chi connectivity index (χ1n) is 3.01.